The molecule has 6 heterocycles. The lowest BCUT2D eigenvalue weighted by Crippen LogP contribution is -2.37. The normalized spacial score (nSPS) is 23.7. The average Bonchev–Trinajstić information content (AvgIpc) is 3.91. The number of fused-ring (bicyclic) bond motifs is 2. The molecule has 0 bridgehead atoms. The number of carbonyl (C=O) groups is 2. The van der Waals surface area contributed by atoms with Gasteiger partial charge >= 0.3 is 0 Å². The molecule has 4 fully saturated rings. The molecule has 1 unspecified atom stereocenters. The Morgan fingerprint density at radius 1 is 0.768 bits per heavy atom. The Balaban J connectivity index is 0.000000184. The van der Waals surface area contributed by atoms with E-state index in [4.69, 9.17) is 23.8 Å². The predicted molar refractivity (Wildman–Crippen MR) is 257 cm³/mol. The number of benzene rings is 2. The van der Waals surface area contributed by atoms with E-state index in [0.717, 1.165) is 25.7 Å². The van der Waals surface area contributed by atoms with Crippen molar-refractivity contribution in [3.8, 4) is 6.07 Å². The van der Waals surface area contributed by atoms with E-state index in [2.05, 4.69) is 92.8 Å². The van der Waals surface area contributed by atoms with Gasteiger partial charge in [0.2, 0.25) is 0 Å². The summed E-state index contributed by atoms with van der Waals surface area (Å²) in [5.74, 6) is 0.168. The van der Waals surface area contributed by atoms with Crippen LogP contribution in [0.25, 0.3) is 22.3 Å². The molecule has 10 rings (SSSR count). The van der Waals surface area contributed by atoms with Gasteiger partial charge in [0, 0.05) is 36.1 Å². The fourth-order valence-corrected chi connectivity index (χ4v) is 10.9. The number of aliphatic hydroxyl groups is 1. The Morgan fingerprint density at radius 2 is 1.25 bits per heavy atom. The van der Waals surface area contributed by atoms with Gasteiger partial charge in [0.15, 0.2) is 34.0 Å². The Kier molecular flexibility index (Phi) is 14.1. The lowest BCUT2D eigenvalue weighted by molar-refractivity contribution is -0.0518. The van der Waals surface area contributed by atoms with Crippen molar-refractivity contribution in [1.82, 2.24) is 43.7 Å². The molecular weight excluding hydrogens is 900 g/mol. The van der Waals surface area contributed by atoms with E-state index >= 15 is 0 Å². The molecule has 0 spiro atoms. The minimum Gasteiger partial charge on any atom is -0.390 e. The molecule has 69 heavy (non-hydrogen) atoms. The molecule has 19 nitrogen and oxygen atoms in total. The maximum absolute atomic E-state index is 12.8. The summed E-state index contributed by atoms with van der Waals surface area (Å²) in [5, 5.41) is 25.2. The zero-order valence-electron chi connectivity index (χ0n) is 39.7. The maximum Gasteiger partial charge on any atom is 0.259 e. The van der Waals surface area contributed by atoms with Crippen molar-refractivity contribution in [2.24, 2.45) is 10.8 Å². The molecule has 362 valence electrons. The van der Waals surface area contributed by atoms with Crippen LogP contribution < -0.4 is 10.6 Å². The number of amides is 2. The first-order valence-corrected chi connectivity index (χ1v) is 24.7. The number of nitriles is 1. The summed E-state index contributed by atoms with van der Waals surface area (Å²) in [6.07, 6.45) is 10.1. The highest BCUT2D eigenvalue weighted by Crippen LogP contribution is 2.58. The zero-order chi connectivity index (χ0) is 48.5. The fraction of sp³-hybridized carbons (Fsp3) is 0.490. The van der Waals surface area contributed by atoms with Crippen LogP contribution in [0.4, 0.5) is 11.6 Å². The number of nitrogens with zero attached hydrogens (tertiary/aromatic N) is 10. The molecule has 2 aliphatic carbocycles. The number of anilines is 2. The molecule has 0 radical (unpaired) electrons. The van der Waals surface area contributed by atoms with Gasteiger partial charge in [0.1, 0.15) is 25.1 Å². The van der Waals surface area contributed by atoms with E-state index in [-0.39, 0.29) is 65.5 Å². The van der Waals surface area contributed by atoms with Crippen LogP contribution in [0.2, 0.25) is 0 Å². The average molecular weight is 959 g/mol. The number of hydrogen-bond donors (Lipinski definition) is 3. The third-order valence-corrected chi connectivity index (χ3v) is 15.5. The largest absolute Gasteiger partial charge is 0.390 e. The summed E-state index contributed by atoms with van der Waals surface area (Å²) >= 11 is 0. The smallest absolute Gasteiger partial charge is 0.259 e. The zero-order valence-corrected chi connectivity index (χ0v) is 40.6. The monoisotopic (exact) mass is 958 g/mol. The molecule has 2 amide bonds. The number of rotatable bonds is 16. The summed E-state index contributed by atoms with van der Waals surface area (Å²) in [5.41, 5.74) is 3.28. The first-order chi connectivity index (χ1) is 33.3. The van der Waals surface area contributed by atoms with Gasteiger partial charge in [0.05, 0.1) is 56.2 Å². The lowest BCUT2D eigenvalue weighted by atomic mass is 9.97. The molecule has 2 aromatic carbocycles. The SMILES string of the molecule is CC(C)N(C(C)C)P(OCCC#N)O[C@@H]1C[C@H](n2cnc3c(NC(=O)c4ccccc4)ncnc32)O[C@@H]1C1(C)CC1.CC1([C@H]2O[C@@H](n3cnc4c(NC(=O)c5ccccc5)ncnc43)C[C@H]2O)CC1. The highest BCUT2D eigenvalue weighted by Gasteiger charge is 2.56. The standard InChI is InChI=1S/C29H38N7O4P.C20H21N5O3/c1-19(2)36(20(3)4)41(38-15-9-14-30)40-22-16-23(39-25(22)29(5)12-13-29)35-18-33-24-26(31-17-32-27(24)35)34-28(37)21-10-7-6-8-11-21;1-20(7-8-20)16-13(26)9-14(28-16)25-11-23-15-17(21-10-22-18(15)25)24-19(27)12-5-3-2-4-6-12/h6-8,10-11,17-20,22-23,25H,9,12-13,15-16H2,1-5H3,(H,31,32,34,37);2-6,10-11,13-14,16,26H,7-9H2,1H3,(H,21,22,24,27)/t22-,23-,25+,41?;13-,14-,16+/m11/s1. The van der Waals surface area contributed by atoms with Crippen LogP contribution in [0.1, 0.15) is 120 Å². The minimum absolute atomic E-state index is 0.0216. The van der Waals surface area contributed by atoms with Crippen LogP contribution in [0.15, 0.2) is 86.0 Å². The molecule has 3 N–H and O–H groups in total. The van der Waals surface area contributed by atoms with Crippen LogP contribution in [-0.2, 0) is 18.5 Å². The van der Waals surface area contributed by atoms with Crippen molar-refractivity contribution in [1.29, 1.82) is 5.26 Å². The second-order valence-corrected chi connectivity index (χ2v) is 20.7. The molecule has 4 aliphatic rings. The van der Waals surface area contributed by atoms with Gasteiger partial charge in [-0.2, -0.15) is 5.26 Å². The first kappa shape index (κ1) is 48.2. The van der Waals surface area contributed by atoms with Gasteiger partial charge in [-0.05, 0) is 88.5 Å². The van der Waals surface area contributed by atoms with Gasteiger partial charge < -0.3 is 34.3 Å². The molecule has 2 aliphatic heterocycles. The second kappa shape index (κ2) is 20.2. The lowest BCUT2D eigenvalue weighted by Gasteiger charge is -2.38. The molecule has 2 saturated carbocycles. The highest BCUT2D eigenvalue weighted by atomic mass is 31.2. The predicted octanol–water partition coefficient (Wildman–Crippen LogP) is 8.35. The van der Waals surface area contributed by atoms with Crippen LogP contribution in [0.5, 0.6) is 0 Å². The van der Waals surface area contributed by atoms with Gasteiger partial charge in [-0.25, -0.2) is 34.6 Å². The topological polar surface area (TPSA) is 230 Å². The van der Waals surface area contributed by atoms with E-state index in [1.165, 1.54) is 12.7 Å². The molecule has 4 aromatic heterocycles. The highest BCUT2D eigenvalue weighted by molar-refractivity contribution is 7.44. The van der Waals surface area contributed by atoms with Crippen molar-refractivity contribution < 1.29 is 33.2 Å². The summed E-state index contributed by atoms with van der Waals surface area (Å²) in [4.78, 5) is 51.5. The maximum atomic E-state index is 12.8. The van der Waals surface area contributed by atoms with Crippen molar-refractivity contribution in [3.63, 3.8) is 0 Å². The third-order valence-electron chi connectivity index (χ3n) is 13.4. The number of carbonyl (C=O) groups excluding carboxylic acids is 2. The van der Waals surface area contributed by atoms with Gasteiger partial charge in [0.25, 0.3) is 20.3 Å². The Hall–Kier alpha value is -5.84. The van der Waals surface area contributed by atoms with Crippen LogP contribution in [0.3, 0.4) is 0 Å². The van der Waals surface area contributed by atoms with Crippen LogP contribution in [-0.4, -0.2) is 104 Å². The number of aliphatic hydroxyl groups excluding tert-OH is 1. The molecular formula is C49H59N12O7P. The first-order valence-electron chi connectivity index (χ1n) is 23.6. The van der Waals surface area contributed by atoms with E-state index in [0.29, 0.717) is 71.0 Å². The summed E-state index contributed by atoms with van der Waals surface area (Å²) in [7, 11) is -1.42. The molecule has 2 saturated heterocycles. The minimum atomic E-state index is -1.42. The number of hydrogen-bond acceptors (Lipinski definition) is 15. The third kappa shape index (κ3) is 10.4. The van der Waals surface area contributed by atoms with E-state index in [1.807, 2.05) is 33.4 Å². The van der Waals surface area contributed by atoms with Crippen LogP contribution in [0, 0.1) is 22.2 Å². The van der Waals surface area contributed by atoms with Crippen molar-refractivity contribution >= 4 is 54.3 Å². The quantitative estimate of drug-likeness (QED) is 0.0611. The number of ether oxygens (including phenoxy) is 2. The molecule has 20 heteroatoms. The number of aromatic nitrogens is 8. The Bertz CT molecular complexity index is 2790. The number of nitrogens with one attached hydrogen (secondary N) is 2. The second-order valence-electron chi connectivity index (χ2n) is 19.3. The van der Waals surface area contributed by atoms with Crippen molar-refractivity contribution in [3.05, 3.63) is 97.1 Å². The van der Waals surface area contributed by atoms with E-state index in [9.17, 15) is 14.7 Å². The number of imidazole rings is 2. The van der Waals surface area contributed by atoms with Crippen molar-refractivity contribution in [2.75, 3.05) is 17.2 Å². The Morgan fingerprint density at radius 3 is 1.72 bits per heavy atom. The van der Waals surface area contributed by atoms with Gasteiger partial charge in [-0.1, -0.05) is 50.2 Å². The van der Waals surface area contributed by atoms with Crippen LogP contribution >= 0.6 is 8.53 Å². The fourth-order valence-electron chi connectivity index (χ4n) is 9.20. The Labute approximate surface area is 402 Å². The molecule has 7 atom stereocenters. The van der Waals surface area contributed by atoms with Gasteiger partial charge in [-0.3, -0.25) is 18.7 Å². The molecule has 6 aromatic rings. The summed E-state index contributed by atoms with van der Waals surface area (Å²) in [6.45, 7) is 13.2. The summed E-state index contributed by atoms with van der Waals surface area (Å²) < 4.78 is 31.8. The summed E-state index contributed by atoms with van der Waals surface area (Å²) in [6, 6.07) is 20.5. The van der Waals surface area contributed by atoms with E-state index in [1.54, 1.807) is 49.1 Å². The van der Waals surface area contributed by atoms with E-state index < -0.39 is 14.6 Å². The van der Waals surface area contributed by atoms with Crippen molar-refractivity contribution in [2.45, 2.75) is 135 Å². The van der Waals surface area contributed by atoms with Gasteiger partial charge in [-0.15, -0.1) is 0 Å².